The van der Waals surface area contributed by atoms with Crippen LogP contribution >= 0.6 is 0 Å². The summed E-state index contributed by atoms with van der Waals surface area (Å²) in [6.07, 6.45) is 4.02. The molecule has 0 radical (unpaired) electrons. The third kappa shape index (κ3) is 5.16. The van der Waals surface area contributed by atoms with E-state index in [9.17, 15) is 18.8 Å². The van der Waals surface area contributed by atoms with Gasteiger partial charge in [0.25, 0.3) is 5.91 Å². The maximum Gasteiger partial charge on any atom is 0.259 e. The number of halogens is 1. The number of amides is 3. The van der Waals surface area contributed by atoms with Crippen LogP contribution in [0.15, 0.2) is 30.5 Å². The first-order valence-electron chi connectivity index (χ1n) is 9.83. The molecule has 0 bridgehead atoms. The zero-order valence-electron chi connectivity index (χ0n) is 16.7. The molecule has 0 spiro atoms. The van der Waals surface area contributed by atoms with Gasteiger partial charge in [-0.25, -0.2) is 14.4 Å². The Hall–Kier alpha value is -3.36. The topological polar surface area (TPSA) is 118 Å². The van der Waals surface area contributed by atoms with Crippen molar-refractivity contribution >= 4 is 23.4 Å². The molecule has 2 heterocycles. The van der Waals surface area contributed by atoms with Crippen LogP contribution in [-0.4, -0.2) is 39.1 Å². The molecule has 1 aromatic heterocycles. The minimum atomic E-state index is -0.513. The summed E-state index contributed by atoms with van der Waals surface area (Å²) in [6, 6.07) is 5.15. The van der Waals surface area contributed by atoms with Crippen molar-refractivity contribution in [3.8, 4) is 0 Å². The number of likely N-dealkylation sites (tertiary alicyclic amines) is 1. The Morgan fingerprint density at radius 1 is 1.20 bits per heavy atom. The second-order valence-electron chi connectivity index (χ2n) is 7.25. The molecule has 0 unspecified atom stereocenters. The van der Waals surface area contributed by atoms with Crippen molar-refractivity contribution in [2.24, 2.45) is 5.73 Å². The lowest BCUT2D eigenvalue weighted by molar-refractivity contribution is -0.136. The number of benzene rings is 1. The number of primary amides is 1. The van der Waals surface area contributed by atoms with E-state index in [-0.39, 0.29) is 30.6 Å². The summed E-state index contributed by atoms with van der Waals surface area (Å²) in [5.74, 6) is -0.987. The molecular weight excluding hydrogens is 389 g/mol. The maximum atomic E-state index is 13.0. The van der Waals surface area contributed by atoms with E-state index in [1.54, 1.807) is 11.8 Å². The van der Waals surface area contributed by atoms with E-state index in [4.69, 9.17) is 5.73 Å². The third-order valence-electron chi connectivity index (χ3n) is 5.05. The van der Waals surface area contributed by atoms with Crippen molar-refractivity contribution in [2.75, 3.05) is 11.9 Å². The van der Waals surface area contributed by atoms with E-state index in [2.05, 4.69) is 15.3 Å². The lowest BCUT2D eigenvalue weighted by Crippen LogP contribution is -2.39. The van der Waals surface area contributed by atoms with Gasteiger partial charge in [-0.2, -0.15) is 0 Å². The molecule has 1 aliphatic rings. The number of piperidine rings is 1. The van der Waals surface area contributed by atoms with Crippen molar-refractivity contribution in [3.63, 3.8) is 0 Å². The first-order chi connectivity index (χ1) is 14.3. The van der Waals surface area contributed by atoms with Gasteiger partial charge in [0.05, 0.1) is 17.3 Å². The summed E-state index contributed by atoms with van der Waals surface area (Å²) in [4.78, 5) is 46.6. The van der Waals surface area contributed by atoms with E-state index in [0.717, 1.165) is 12.8 Å². The highest BCUT2D eigenvalue weighted by atomic mass is 19.1. The van der Waals surface area contributed by atoms with Crippen LogP contribution in [0.2, 0.25) is 0 Å². The van der Waals surface area contributed by atoms with E-state index >= 15 is 0 Å². The molecular formula is C21H24FN5O3. The van der Waals surface area contributed by atoms with Gasteiger partial charge in [-0.3, -0.25) is 14.4 Å². The van der Waals surface area contributed by atoms with E-state index in [1.807, 2.05) is 0 Å². The average Bonchev–Trinajstić information content (AvgIpc) is 2.73. The molecule has 1 atom stereocenters. The molecule has 1 fully saturated rings. The number of hydrogen-bond donors (Lipinski definition) is 2. The monoisotopic (exact) mass is 413 g/mol. The van der Waals surface area contributed by atoms with Crippen LogP contribution in [0.1, 0.15) is 60.0 Å². The predicted molar refractivity (Wildman–Crippen MR) is 108 cm³/mol. The largest absolute Gasteiger partial charge is 0.370 e. The van der Waals surface area contributed by atoms with Crippen LogP contribution in [-0.2, 0) is 9.59 Å². The lowest BCUT2D eigenvalue weighted by atomic mass is 10.00. The number of hydrogen-bond acceptors (Lipinski definition) is 5. The maximum absolute atomic E-state index is 13.0. The zero-order valence-corrected chi connectivity index (χ0v) is 16.7. The Balaban J connectivity index is 1.75. The summed E-state index contributed by atoms with van der Waals surface area (Å²) in [5, 5.41) is 2.69. The number of nitrogens with two attached hydrogens (primary N) is 1. The van der Waals surface area contributed by atoms with Gasteiger partial charge in [0.1, 0.15) is 5.82 Å². The van der Waals surface area contributed by atoms with Crippen LogP contribution in [0.5, 0.6) is 0 Å². The highest BCUT2D eigenvalue weighted by Gasteiger charge is 2.30. The molecule has 30 heavy (non-hydrogen) atoms. The number of rotatable bonds is 6. The zero-order chi connectivity index (χ0) is 21.7. The molecule has 3 N–H and O–H groups in total. The summed E-state index contributed by atoms with van der Waals surface area (Å²) in [7, 11) is 0. The quantitative estimate of drug-likeness (QED) is 0.754. The van der Waals surface area contributed by atoms with Gasteiger partial charge in [0.2, 0.25) is 11.8 Å². The number of nitrogens with zero attached hydrogens (tertiary/aromatic N) is 3. The molecule has 2 aromatic rings. The van der Waals surface area contributed by atoms with E-state index < -0.39 is 11.8 Å². The number of aromatic nitrogens is 2. The Morgan fingerprint density at radius 2 is 1.93 bits per heavy atom. The van der Waals surface area contributed by atoms with E-state index in [0.29, 0.717) is 35.7 Å². The summed E-state index contributed by atoms with van der Waals surface area (Å²) < 4.78 is 13.0. The van der Waals surface area contributed by atoms with Crippen molar-refractivity contribution < 1.29 is 18.8 Å². The number of nitrogens with one attached hydrogen (secondary N) is 1. The van der Waals surface area contributed by atoms with Gasteiger partial charge in [0, 0.05) is 31.3 Å². The van der Waals surface area contributed by atoms with Gasteiger partial charge >= 0.3 is 0 Å². The highest BCUT2D eigenvalue weighted by Crippen LogP contribution is 2.30. The van der Waals surface area contributed by atoms with Crippen LogP contribution in [0, 0.1) is 12.7 Å². The molecule has 1 aliphatic heterocycles. The fourth-order valence-electron chi connectivity index (χ4n) is 3.47. The lowest BCUT2D eigenvalue weighted by Gasteiger charge is -2.35. The van der Waals surface area contributed by atoms with Gasteiger partial charge in [-0.05, 0) is 50.5 Å². The van der Waals surface area contributed by atoms with Gasteiger partial charge in [-0.15, -0.1) is 0 Å². The molecule has 0 saturated carbocycles. The van der Waals surface area contributed by atoms with Crippen molar-refractivity contribution in [2.45, 2.75) is 45.1 Å². The number of carbonyl (C=O) groups excluding carboxylic acids is 3. The first kappa shape index (κ1) is 21.4. The highest BCUT2D eigenvalue weighted by molar-refractivity contribution is 6.04. The molecule has 0 aliphatic carbocycles. The number of carbonyl (C=O) groups is 3. The smallest absolute Gasteiger partial charge is 0.259 e. The fraction of sp³-hybridized carbons (Fsp3) is 0.381. The number of aryl methyl sites for hydroxylation is 1. The second kappa shape index (κ2) is 9.43. The Morgan fingerprint density at radius 3 is 2.60 bits per heavy atom. The first-order valence-corrected chi connectivity index (χ1v) is 9.83. The minimum Gasteiger partial charge on any atom is -0.370 e. The fourth-order valence-corrected chi connectivity index (χ4v) is 3.47. The Labute approximate surface area is 173 Å². The predicted octanol–water partition coefficient (Wildman–Crippen LogP) is 2.50. The molecule has 158 valence electrons. The molecule has 8 nitrogen and oxygen atoms in total. The Bertz CT molecular complexity index is 948. The third-order valence-corrected chi connectivity index (χ3v) is 5.05. The van der Waals surface area contributed by atoms with Crippen LogP contribution in [0.4, 0.5) is 10.1 Å². The summed E-state index contributed by atoms with van der Waals surface area (Å²) in [6.45, 7) is 2.27. The summed E-state index contributed by atoms with van der Waals surface area (Å²) in [5.41, 5.74) is 6.39. The summed E-state index contributed by atoms with van der Waals surface area (Å²) >= 11 is 0. The van der Waals surface area contributed by atoms with Crippen molar-refractivity contribution in [1.29, 1.82) is 0 Å². The van der Waals surface area contributed by atoms with Gasteiger partial charge < -0.3 is 16.0 Å². The van der Waals surface area contributed by atoms with Crippen LogP contribution < -0.4 is 11.1 Å². The Kier molecular flexibility index (Phi) is 6.71. The second-order valence-corrected chi connectivity index (χ2v) is 7.25. The molecule has 3 rings (SSSR count). The normalized spacial score (nSPS) is 16.2. The van der Waals surface area contributed by atoms with Gasteiger partial charge in [-0.1, -0.05) is 0 Å². The van der Waals surface area contributed by atoms with Gasteiger partial charge in [0.15, 0.2) is 5.82 Å². The average molecular weight is 413 g/mol. The van der Waals surface area contributed by atoms with Crippen molar-refractivity contribution in [3.05, 3.63) is 53.4 Å². The van der Waals surface area contributed by atoms with Crippen LogP contribution in [0.3, 0.4) is 0 Å². The van der Waals surface area contributed by atoms with Crippen LogP contribution in [0.25, 0.3) is 0 Å². The molecule has 1 aromatic carbocycles. The van der Waals surface area contributed by atoms with Crippen molar-refractivity contribution in [1.82, 2.24) is 14.9 Å². The minimum absolute atomic E-state index is 0.00440. The standard InChI is InChI=1S/C21H24FN5O3/c1-13-16(21(30)26-15-7-5-14(22)6-8-15)12-24-20(25-13)17-4-2-3-11-27(17)19(29)10-9-18(23)28/h5-8,12,17H,2-4,9-11H2,1H3,(H2,23,28)(H,26,30)/t17-/m1/s1. The van der Waals surface area contributed by atoms with E-state index in [1.165, 1.54) is 30.5 Å². The molecule has 3 amide bonds. The molecule has 9 heteroatoms. The number of anilines is 1. The SMILES string of the molecule is Cc1nc([C@H]2CCCCN2C(=O)CCC(N)=O)ncc1C(=O)Nc1ccc(F)cc1. The molecule has 1 saturated heterocycles.